The van der Waals surface area contributed by atoms with E-state index in [1.165, 1.54) is 13.8 Å². The molecule has 0 aliphatic heterocycles. The van der Waals surface area contributed by atoms with Crippen LogP contribution in [0.1, 0.15) is 27.7 Å². The number of carbonyl (C=O) groups is 1. The van der Waals surface area contributed by atoms with Gasteiger partial charge in [-0.15, -0.1) is 0 Å². The standard InChI is InChI=1S/C8H15FO2/c1-5(2)8(4,9)6(3)7(10)11/h5-6H,1-4H3,(H,10,11). The Morgan fingerprint density at radius 2 is 1.82 bits per heavy atom. The molecule has 0 bridgehead atoms. The van der Waals surface area contributed by atoms with Crippen molar-refractivity contribution >= 4 is 5.97 Å². The average molecular weight is 162 g/mol. The van der Waals surface area contributed by atoms with Crippen molar-refractivity contribution in [2.75, 3.05) is 0 Å². The Balaban J connectivity index is 4.41. The van der Waals surface area contributed by atoms with E-state index in [0.717, 1.165) is 0 Å². The smallest absolute Gasteiger partial charge is 0.309 e. The second-order valence-corrected chi connectivity index (χ2v) is 3.37. The topological polar surface area (TPSA) is 37.3 Å². The Morgan fingerprint density at radius 1 is 1.45 bits per heavy atom. The summed E-state index contributed by atoms with van der Waals surface area (Å²) in [5.74, 6) is -2.29. The molecule has 0 spiro atoms. The molecule has 0 saturated carbocycles. The van der Waals surface area contributed by atoms with Gasteiger partial charge in [-0.25, -0.2) is 4.39 Å². The summed E-state index contributed by atoms with van der Waals surface area (Å²) in [6.45, 7) is 6.08. The Labute approximate surface area is 66.4 Å². The highest BCUT2D eigenvalue weighted by Crippen LogP contribution is 2.30. The Hall–Kier alpha value is -0.600. The molecule has 0 aliphatic rings. The van der Waals surface area contributed by atoms with E-state index in [9.17, 15) is 9.18 Å². The van der Waals surface area contributed by atoms with Crippen molar-refractivity contribution in [1.29, 1.82) is 0 Å². The average Bonchev–Trinajstić information content (AvgIpc) is 1.85. The number of aliphatic carboxylic acids is 1. The van der Waals surface area contributed by atoms with Gasteiger partial charge in [0.1, 0.15) is 5.67 Å². The van der Waals surface area contributed by atoms with Crippen LogP contribution in [-0.2, 0) is 4.79 Å². The van der Waals surface area contributed by atoms with Crippen LogP contribution in [0.15, 0.2) is 0 Å². The molecule has 1 N–H and O–H groups in total. The fourth-order valence-corrected chi connectivity index (χ4v) is 0.741. The molecule has 2 atom stereocenters. The first-order chi connectivity index (χ1) is 4.80. The highest BCUT2D eigenvalue weighted by atomic mass is 19.1. The van der Waals surface area contributed by atoms with E-state index in [1.54, 1.807) is 13.8 Å². The second kappa shape index (κ2) is 3.20. The molecule has 0 saturated heterocycles. The lowest BCUT2D eigenvalue weighted by Gasteiger charge is -2.28. The van der Waals surface area contributed by atoms with E-state index in [4.69, 9.17) is 5.11 Å². The van der Waals surface area contributed by atoms with Gasteiger partial charge in [0, 0.05) is 0 Å². The fourth-order valence-electron chi connectivity index (χ4n) is 0.741. The molecule has 0 aromatic rings. The van der Waals surface area contributed by atoms with Gasteiger partial charge in [-0.05, 0) is 19.8 Å². The Bertz CT molecular complexity index is 152. The van der Waals surface area contributed by atoms with Gasteiger partial charge in [-0.3, -0.25) is 4.79 Å². The van der Waals surface area contributed by atoms with E-state index in [0.29, 0.717) is 0 Å². The van der Waals surface area contributed by atoms with Crippen molar-refractivity contribution < 1.29 is 14.3 Å². The summed E-state index contributed by atoms with van der Waals surface area (Å²) in [6.07, 6.45) is 0. The first-order valence-corrected chi connectivity index (χ1v) is 3.71. The molecule has 0 aliphatic carbocycles. The van der Waals surface area contributed by atoms with Gasteiger partial charge in [0.2, 0.25) is 0 Å². The summed E-state index contributed by atoms with van der Waals surface area (Å²) in [5.41, 5.74) is -1.62. The van der Waals surface area contributed by atoms with E-state index in [-0.39, 0.29) is 5.92 Å². The highest BCUT2D eigenvalue weighted by molar-refractivity contribution is 5.71. The molecule has 2 unspecified atom stereocenters. The van der Waals surface area contributed by atoms with Crippen molar-refractivity contribution in [2.45, 2.75) is 33.4 Å². The van der Waals surface area contributed by atoms with Crippen molar-refractivity contribution in [3.05, 3.63) is 0 Å². The molecule has 0 rings (SSSR count). The van der Waals surface area contributed by atoms with Crippen LogP contribution >= 0.6 is 0 Å². The fraction of sp³-hybridized carbons (Fsp3) is 0.875. The molecule has 0 fully saturated rings. The van der Waals surface area contributed by atoms with Crippen molar-refractivity contribution in [3.8, 4) is 0 Å². The van der Waals surface area contributed by atoms with Crippen molar-refractivity contribution in [3.63, 3.8) is 0 Å². The zero-order chi connectivity index (χ0) is 9.23. The first kappa shape index (κ1) is 10.4. The van der Waals surface area contributed by atoms with Gasteiger partial charge >= 0.3 is 5.97 Å². The Kier molecular flexibility index (Phi) is 3.02. The van der Waals surface area contributed by atoms with Gasteiger partial charge in [0.05, 0.1) is 5.92 Å². The minimum Gasteiger partial charge on any atom is -0.481 e. The van der Waals surface area contributed by atoms with E-state index < -0.39 is 17.6 Å². The predicted molar refractivity (Wildman–Crippen MR) is 41.2 cm³/mol. The van der Waals surface area contributed by atoms with Gasteiger partial charge in [-0.2, -0.15) is 0 Å². The third kappa shape index (κ3) is 2.17. The van der Waals surface area contributed by atoms with Crippen LogP contribution in [0.2, 0.25) is 0 Å². The van der Waals surface area contributed by atoms with Crippen LogP contribution in [0.25, 0.3) is 0 Å². The van der Waals surface area contributed by atoms with Crippen LogP contribution in [0.5, 0.6) is 0 Å². The Morgan fingerprint density at radius 3 is 1.91 bits per heavy atom. The summed E-state index contributed by atoms with van der Waals surface area (Å²) in [6, 6.07) is 0. The summed E-state index contributed by atoms with van der Waals surface area (Å²) in [5, 5.41) is 8.53. The number of rotatable bonds is 3. The lowest BCUT2D eigenvalue weighted by Crippen LogP contribution is -2.38. The number of carboxylic acids is 1. The third-order valence-corrected chi connectivity index (χ3v) is 2.35. The molecule has 0 aromatic heterocycles. The van der Waals surface area contributed by atoms with Crippen molar-refractivity contribution in [1.82, 2.24) is 0 Å². The highest BCUT2D eigenvalue weighted by Gasteiger charge is 2.38. The van der Waals surface area contributed by atoms with E-state index >= 15 is 0 Å². The summed E-state index contributed by atoms with van der Waals surface area (Å²) >= 11 is 0. The van der Waals surface area contributed by atoms with E-state index in [1.807, 2.05) is 0 Å². The quantitative estimate of drug-likeness (QED) is 0.690. The maximum Gasteiger partial charge on any atom is 0.309 e. The minimum absolute atomic E-state index is 0.270. The van der Waals surface area contributed by atoms with E-state index in [2.05, 4.69) is 0 Å². The first-order valence-electron chi connectivity index (χ1n) is 3.71. The van der Waals surface area contributed by atoms with Gasteiger partial charge in [0.15, 0.2) is 0 Å². The zero-order valence-electron chi connectivity index (χ0n) is 7.39. The normalized spacial score (nSPS) is 19.5. The van der Waals surface area contributed by atoms with Crippen LogP contribution in [0.3, 0.4) is 0 Å². The van der Waals surface area contributed by atoms with Crippen LogP contribution in [0.4, 0.5) is 4.39 Å². The van der Waals surface area contributed by atoms with Gasteiger partial charge < -0.3 is 5.11 Å². The van der Waals surface area contributed by atoms with Crippen LogP contribution in [-0.4, -0.2) is 16.7 Å². The molecule has 0 heterocycles. The minimum atomic E-state index is -1.62. The number of carboxylic acid groups (broad SMARTS) is 1. The molecule has 2 nitrogen and oxygen atoms in total. The molecule has 11 heavy (non-hydrogen) atoms. The number of hydrogen-bond acceptors (Lipinski definition) is 1. The number of halogens is 1. The lowest BCUT2D eigenvalue weighted by atomic mass is 9.83. The molecule has 0 radical (unpaired) electrons. The molecular weight excluding hydrogens is 147 g/mol. The lowest BCUT2D eigenvalue weighted by molar-refractivity contribution is -0.147. The molecular formula is C8H15FO2. The SMILES string of the molecule is CC(C)C(C)(F)C(C)C(=O)O. The molecule has 0 amide bonds. The predicted octanol–water partition coefficient (Wildman–Crippen LogP) is 2.09. The maximum atomic E-state index is 13.5. The largest absolute Gasteiger partial charge is 0.481 e. The van der Waals surface area contributed by atoms with Gasteiger partial charge in [0.25, 0.3) is 0 Å². The number of alkyl halides is 1. The third-order valence-electron chi connectivity index (χ3n) is 2.35. The monoisotopic (exact) mass is 162 g/mol. The maximum absolute atomic E-state index is 13.5. The summed E-state index contributed by atoms with van der Waals surface area (Å²) in [7, 11) is 0. The molecule has 0 aromatic carbocycles. The second-order valence-electron chi connectivity index (χ2n) is 3.37. The summed E-state index contributed by atoms with van der Waals surface area (Å²) in [4.78, 5) is 10.4. The molecule has 66 valence electrons. The zero-order valence-corrected chi connectivity index (χ0v) is 7.39. The summed E-state index contributed by atoms with van der Waals surface area (Å²) < 4.78 is 13.5. The number of hydrogen-bond donors (Lipinski definition) is 1. The molecule has 3 heteroatoms. The van der Waals surface area contributed by atoms with Crippen LogP contribution < -0.4 is 0 Å². The van der Waals surface area contributed by atoms with Crippen LogP contribution in [0, 0.1) is 11.8 Å². The van der Waals surface area contributed by atoms with Crippen molar-refractivity contribution in [2.24, 2.45) is 11.8 Å². The van der Waals surface area contributed by atoms with Gasteiger partial charge in [-0.1, -0.05) is 13.8 Å².